The molecule has 2 N–H and O–H groups in total. The molecule has 0 bridgehead atoms. The fourth-order valence-electron chi connectivity index (χ4n) is 2.81. The molecule has 22 heavy (non-hydrogen) atoms. The van der Waals surface area contributed by atoms with Crippen LogP contribution in [0.3, 0.4) is 0 Å². The van der Waals surface area contributed by atoms with Crippen molar-refractivity contribution in [3.63, 3.8) is 0 Å². The van der Waals surface area contributed by atoms with E-state index in [-0.39, 0.29) is 6.03 Å². The summed E-state index contributed by atoms with van der Waals surface area (Å²) < 4.78 is 5.59. The third-order valence-electron chi connectivity index (χ3n) is 3.99. The molecule has 0 radical (unpaired) electrons. The van der Waals surface area contributed by atoms with Crippen LogP contribution in [-0.2, 0) is 4.74 Å². The topological polar surface area (TPSA) is 70.2 Å². The Kier molecular flexibility index (Phi) is 4.58. The number of benzene rings is 1. The van der Waals surface area contributed by atoms with Crippen LogP contribution < -0.4 is 5.32 Å². The molecule has 1 atom stereocenters. The van der Waals surface area contributed by atoms with Crippen LogP contribution in [0.4, 0.5) is 10.5 Å². The average Bonchev–Trinajstić information content (AvgIpc) is 3.16. The van der Waals surface area contributed by atoms with E-state index in [0.717, 1.165) is 55.7 Å². The molecule has 1 fully saturated rings. The lowest BCUT2D eigenvalue weighted by Crippen LogP contribution is -2.33. The lowest BCUT2D eigenvalue weighted by Gasteiger charge is -2.17. The van der Waals surface area contributed by atoms with Crippen LogP contribution in [0.1, 0.15) is 19.8 Å². The number of amides is 2. The van der Waals surface area contributed by atoms with Gasteiger partial charge in [-0.15, -0.1) is 0 Å². The minimum atomic E-state index is -0.0555. The number of carbonyl (C=O) groups is 1. The largest absolute Gasteiger partial charge is 0.381 e. The Hall–Kier alpha value is -2.08. The number of aromatic amines is 1. The number of hydrogen-bond donors (Lipinski definition) is 2. The van der Waals surface area contributed by atoms with Gasteiger partial charge in [-0.25, -0.2) is 4.79 Å². The number of ether oxygens (including phenoxy) is 1. The van der Waals surface area contributed by atoms with Crippen LogP contribution in [0.25, 0.3) is 10.9 Å². The molecular formula is C16H22N4O2. The fraction of sp³-hybridized carbons (Fsp3) is 0.500. The number of nitrogens with one attached hydrogen (secondary N) is 2. The van der Waals surface area contributed by atoms with Crippen LogP contribution in [0.15, 0.2) is 24.4 Å². The molecule has 0 unspecified atom stereocenters. The number of para-hydroxylation sites is 1. The summed E-state index contributed by atoms with van der Waals surface area (Å²) in [5.41, 5.74) is 1.63. The normalized spacial score (nSPS) is 18.0. The van der Waals surface area contributed by atoms with Crippen molar-refractivity contribution in [3.05, 3.63) is 24.4 Å². The van der Waals surface area contributed by atoms with Gasteiger partial charge < -0.3 is 15.0 Å². The summed E-state index contributed by atoms with van der Waals surface area (Å²) in [5, 5.41) is 10.9. The van der Waals surface area contributed by atoms with Crippen molar-refractivity contribution < 1.29 is 9.53 Å². The number of rotatable bonds is 5. The van der Waals surface area contributed by atoms with Gasteiger partial charge in [0.2, 0.25) is 0 Å². The Morgan fingerprint density at radius 1 is 1.55 bits per heavy atom. The van der Waals surface area contributed by atoms with Gasteiger partial charge in [0.15, 0.2) is 0 Å². The molecule has 2 heterocycles. The van der Waals surface area contributed by atoms with E-state index < -0.39 is 0 Å². The van der Waals surface area contributed by atoms with E-state index in [1.54, 1.807) is 6.20 Å². The highest BCUT2D eigenvalue weighted by molar-refractivity contribution is 5.99. The second kappa shape index (κ2) is 6.79. The van der Waals surface area contributed by atoms with E-state index in [4.69, 9.17) is 4.74 Å². The van der Waals surface area contributed by atoms with E-state index in [1.807, 2.05) is 23.1 Å². The summed E-state index contributed by atoms with van der Waals surface area (Å²) >= 11 is 0. The first-order valence-corrected chi connectivity index (χ1v) is 7.83. The quantitative estimate of drug-likeness (QED) is 0.834. The van der Waals surface area contributed by atoms with Crippen LogP contribution in [0.5, 0.6) is 0 Å². The lowest BCUT2D eigenvalue weighted by atomic mass is 10.1. The van der Waals surface area contributed by atoms with Crippen molar-refractivity contribution in [1.82, 2.24) is 15.1 Å². The zero-order chi connectivity index (χ0) is 15.4. The monoisotopic (exact) mass is 302 g/mol. The van der Waals surface area contributed by atoms with Crippen molar-refractivity contribution in [3.8, 4) is 0 Å². The summed E-state index contributed by atoms with van der Waals surface area (Å²) in [6.45, 7) is 5.18. The van der Waals surface area contributed by atoms with Crippen LogP contribution in [-0.4, -0.2) is 47.4 Å². The fourth-order valence-corrected chi connectivity index (χ4v) is 2.81. The molecule has 1 aromatic heterocycles. The molecule has 0 spiro atoms. The van der Waals surface area contributed by atoms with E-state index in [9.17, 15) is 4.79 Å². The number of aromatic nitrogens is 2. The third kappa shape index (κ3) is 3.22. The lowest BCUT2D eigenvalue weighted by molar-refractivity contribution is 0.103. The predicted octanol–water partition coefficient (Wildman–Crippen LogP) is 2.84. The van der Waals surface area contributed by atoms with E-state index >= 15 is 0 Å². The van der Waals surface area contributed by atoms with E-state index in [1.165, 1.54) is 0 Å². The maximum atomic E-state index is 12.4. The predicted molar refractivity (Wildman–Crippen MR) is 85.9 cm³/mol. The van der Waals surface area contributed by atoms with Crippen LogP contribution in [0, 0.1) is 5.92 Å². The van der Waals surface area contributed by atoms with Gasteiger partial charge in [-0.1, -0.05) is 19.1 Å². The summed E-state index contributed by atoms with van der Waals surface area (Å²) in [6.07, 6.45) is 3.79. The standard InChI is InChI=1S/C16H22N4O2/c1-2-8-22-11-12-6-7-20(10-12)16(21)18-14-5-3-4-13-9-17-19-15(13)14/h3-5,9,12H,2,6-8,10-11H2,1H3,(H,17,19)(H,18,21)/t12-/m0/s1. The third-order valence-corrected chi connectivity index (χ3v) is 3.99. The summed E-state index contributed by atoms with van der Waals surface area (Å²) in [7, 11) is 0. The van der Waals surface area contributed by atoms with E-state index in [0.29, 0.717) is 5.92 Å². The average molecular weight is 302 g/mol. The summed E-state index contributed by atoms with van der Waals surface area (Å²) in [6, 6.07) is 5.71. The maximum absolute atomic E-state index is 12.4. The first-order valence-electron chi connectivity index (χ1n) is 7.83. The number of urea groups is 1. The number of hydrogen-bond acceptors (Lipinski definition) is 3. The maximum Gasteiger partial charge on any atom is 0.321 e. The molecule has 3 rings (SSSR count). The van der Waals surface area contributed by atoms with Crippen LogP contribution in [0.2, 0.25) is 0 Å². The molecular weight excluding hydrogens is 280 g/mol. The number of carbonyl (C=O) groups excluding carboxylic acids is 1. The molecule has 118 valence electrons. The van der Waals surface area contributed by atoms with Gasteiger partial charge in [0, 0.05) is 31.0 Å². The van der Waals surface area contributed by atoms with Crippen molar-refractivity contribution in [2.24, 2.45) is 5.92 Å². The number of anilines is 1. The Morgan fingerprint density at radius 3 is 3.32 bits per heavy atom. The van der Waals surface area contributed by atoms with Crippen molar-refractivity contribution in [1.29, 1.82) is 0 Å². The molecule has 0 saturated carbocycles. The van der Waals surface area contributed by atoms with Crippen LogP contribution >= 0.6 is 0 Å². The van der Waals surface area contributed by atoms with Gasteiger partial charge in [-0.3, -0.25) is 5.10 Å². The zero-order valence-corrected chi connectivity index (χ0v) is 12.8. The highest BCUT2D eigenvalue weighted by Gasteiger charge is 2.26. The Morgan fingerprint density at radius 2 is 2.45 bits per heavy atom. The summed E-state index contributed by atoms with van der Waals surface area (Å²) in [4.78, 5) is 14.3. The SMILES string of the molecule is CCCOC[C@H]1CCN(C(=O)Nc2cccc3cn[nH]c23)C1. The molecule has 2 aromatic rings. The Bertz CT molecular complexity index is 640. The highest BCUT2D eigenvalue weighted by Crippen LogP contribution is 2.22. The van der Waals surface area contributed by atoms with Gasteiger partial charge in [0.25, 0.3) is 0 Å². The van der Waals surface area contributed by atoms with Crippen molar-refractivity contribution in [2.75, 3.05) is 31.6 Å². The smallest absolute Gasteiger partial charge is 0.321 e. The second-order valence-electron chi connectivity index (χ2n) is 5.75. The molecule has 1 saturated heterocycles. The molecule has 1 aliphatic rings. The number of fused-ring (bicyclic) bond motifs is 1. The van der Waals surface area contributed by atoms with Gasteiger partial charge >= 0.3 is 6.03 Å². The molecule has 6 nitrogen and oxygen atoms in total. The Balaban J connectivity index is 1.57. The van der Waals surface area contributed by atoms with Gasteiger partial charge in [0.1, 0.15) is 0 Å². The zero-order valence-electron chi connectivity index (χ0n) is 12.8. The molecule has 2 amide bonds. The number of nitrogens with zero attached hydrogens (tertiary/aromatic N) is 2. The molecule has 6 heteroatoms. The highest BCUT2D eigenvalue weighted by atomic mass is 16.5. The Labute approximate surface area is 129 Å². The summed E-state index contributed by atoms with van der Waals surface area (Å²) in [5.74, 6) is 0.445. The minimum absolute atomic E-state index is 0.0555. The van der Waals surface area contributed by atoms with Gasteiger partial charge in [0.05, 0.1) is 24.0 Å². The molecule has 0 aliphatic carbocycles. The minimum Gasteiger partial charge on any atom is -0.381 e. The number of likely N-dealkylation sites (tertiary alicyclic amines) is 1. The molecule has 1 aliphatic heterocycles. The first-order chi connectivity index (χ1) is 10.8. The van der Waals surface area contributed by atoms with Gasteiger partial charge in [-0.2, -0.15) is 5.10 Å². The van der Waals surface area contributed by atoms with Crippen molar-refractivity contribution >= 4 is 22.6 Å². The first kappa shape index (κ1) is 14.8. The second-order valence-corrected chi connectivity index (χ2v) is 5.75. The number of H-pyrrole nitrogens is 1. The van der Waals surface area contributed by atoms with E-state index in [2.05, 4.69) is 22.4 Å². The molecule has 1 aromatic carbocycles. The van der Waals surface area contributed by atoms with Gasteiger partial charge in [-0.05, 0) is 18.9 Å². The van der Waals surface area contributed by atoms with Crippen molar-refractivity contribution in [2.45, 2.75) is 19.8 Å².